The van der Waals surface area contributed by atoms with Gasteiger partial charge in [-0.15, -0.1) is 0 Å². The zero-order valence-corrected chi connectivity index (χ0v) is 11.9. The number of carboxylic acids is 1. The normalized spacial score (nSPS) is 21.0. The zero-order chi connectivity index (χ0) is 15.2. The van der Waals surface area contributed by atoms with E-state index in [1.807, 2.05) is 6.92 Å². The number of amides is 1. The van der Waals surface area contributed by atoms with Crippen LogP contribution in [0.3, 0.4) is 0 Å². The maximum absolute atomic E-state index is 12.1. The van der Waals surface area contributed by atoms with E-state index in [0.717, 1.165) is 0 Å². The summed E-state index contributed by atoms with van der Waals surface area (Å²) in [5, 5.41) is 11.6. The van der Waals surface area contributed by atoms with Crippen LogP contribution in [0.25, 0.3) is 0 Å². The van der Waals surface area contributed by atoms with Gasteiger partial charge in [0.2, 0.25) is 0 Å². The molecule has 1 aliphatic heterocycles. The van der Waals surface area contributed by atoms with Crippen LogP contribution in [0.4, 0.5) is 0 Å². The third kappa shape index (κ3) is 3.95. The first kappa shape index (κ1) is 15.3. The summed E-state index contributed by atoms with van der Waals surface area (Å²) >= 11 is 0. The lowest BCUT2D eigenvalue weighted by molar-refractivity contribution is -0.149. The van der Waals surface area contributed by atoms with Crippen LogP contribution in [0.5, 0.6) is 5.75 Å². The fourth-order valence-electron chi connectivity index (χ4n) is 2.27. The van der Waals surface area contributed by atoms with Crippen molar-refractivity contribution in [2.45, 2.75) is 32.0 Å². The predicted octanol–water partition coefficient (Wildman–Crippen LogP) is 1.45. The van der Waals surface area contributed by atoms with Crippen molar-refractivity contribution in [3.8, 4) is 5.75 Å². The average molecular weight is 293 g/mol. The molecule has 0 saturated carbocycles. The highest BCUT2D eigenvalue weighted by Gasteiger charge is 2.30. The molecule has 2 atom stereocenters. The molecule has 114 valence electrons. The summed E-state index contributed by atoms with van der Waals surface area (Å²) in [5.41, 5.74) is 0.465. The van der Waals surface area contributed by atoms with Gasteiger partial charge in [0, 0.05) is 6.54 Å². The van der Waals surface area contributed by atoms with Gasteiger partial charge in [-0.25, -0.2) is 4.79 Å². The van der Waals surface area contributed by atoms with Crippen LogP contribution in [0.15, 0.2) is 24.3 Å². The summed E-state index contributed by atoms with van der Waals surface area (Å²) in [4.78, 5) is 22.9. The van der Waals surface area contributed by atoms with Gasteiger partial charge in [-0.05, 0) is 31.9 Å². The number of carbonyl (C=O) groups excluding carboxylic acids is 1. The second kappa shape index (κ2) is 7.08. The molecule has 0 spiro atoms. The topological polar surface area (TPSA) is 84.9 Å². The first-order valence-electron chi connectivity index (χ1n) is 7.00. The number of carboxylic acid groups (broad SMARTS) is 1. The molecule has 0 radical (unpaired) electrons. The predicted molar refractivity (Wildman–Crippen MR) is 75.5 cm³/mol. The number of carbonyl (C=O) groups is 2. The minimum absolute atomic E-state index is 0.249. The minimum atomic E-state index is -0.953. The molecule has 0 bridgehead atoms. The van der Waals surface area contributed by atoms with E-state index in [-0.39, 0.29) is 12.0 Å². The average Bonchev–Trinajstić information content (AvgIpc) is 2.95. The Kier molecular flexibility index (Phi) is 5.16. The Morgan fingerprint density at radius 1 is 1.38 bits per heavy atom. The van der Waals surface area contributed by atoms with E-state index in [2.05, 4.69) is 5.32 Å². The fourth-order valence-corrected chi connectivity index (χ4v) is 2.27. The Balaban J connectivity index is 1.89. The van der Waals surface area contributed by atoms with Crippen LogP contribution < -0.4 is 10.1 Å². The number of hydrogen-bond acceptors (Lipinski definition) is 4. The van der Waals surface area contributed by atoms with Crippen LogP contribution in [0.2, 0.25) is 0 Å². The van der Waals surface area contributed by atoms with Gasteiger partial charge in [-0.3, -0.25) is 4.79 Å². The largest absolute Gasteiger partial charge is 0.493 e. The van der Waals surface area contributed by atoms with E-state index in [1.54, 1.807) is 24.3 Å². The van der Waals surface area contributed by atoms with Crippen LogP contribution in [-0.4, -0.2) is 42.3 Å². The van der Waals surface area contributed by atoms with Crippen molar-refractivity contribution in [1.29, 1.82) is 0 Å². The molecule has 2 N–H and O–H groups in total. The second-order valence-electron chi connectivity index (χ2n) is 4.80. The van der Waals surface area contributed by atoms with Crippen LogP contribution in [-0.2, 0) is 9.53 Å². The van der Waals surface area contributed by atoms with Crippen molar-refractivity contribution in [1.82, 2.24) is 5.32 Å². The Morgan fingerprint density at radius 2 is 2.14 bits per heavy atom. The molecule has 1 saturated heterocycles. The second-order valence-corrected chi connectivity index (χ2v) is 4.80. The molecule has 21 heavy (non-hydrogen) atoms. The van der Waals surface area contributed by atoms with Gasteiger partial charge in [0.05, 0.1) is 18.3 Å². The molecule has 2 rings (SSSR count). The Bertz CT molecular complexity index is 517. The monoisotopic (exact) mass is 293 g/mol. The number of hydrogen-bond donors (Lipinski definition) is 2. The number of para-hydroxylation sites is 1. The van der Waals surface area contributed by atoms with E-state index in [0.29, 0.717) is 37.3 Å². The lowest BCUT2D eigenvalue weighted by Crippen LogP contribution is -2.33. The molecule has 1 fully saturated rings. The highest BCUT2D eigenvalue weighted by Crippen LogP contribution is 2.20. The quantitative estimate of drug-likeness (QED) is 0.829. The molecule has 0 aromatic heterocycles. The van der Waals surface area contributed by atoms with Crippen molar-refractivity contribution in [3.63, 3.8) is 0 Å². The molecule has 1 aromatic carbocycles. The van der Waals surface area contributed by atoms with Gasteiger partial charge in [0.1, 0.15) is 5.75 Å². The smallest absolute Gasteiger partial charge is 0.332 e. The summed E-state index contributed by atoms with van der Waals surface area (Å²) in [6.07, 6.45) is 0.0902. The lowest BCUT2D eigenvalue weighted by Gasteiger charge is -2.14. The Hall–Kier alpha value is -2.08. The first-order chi connectivity index (χ1) is 10.1. The Labute approximate surface area is 123 Å². The summed E-state index contributed by atoms with van der Waals surface area (Å²) < 4.78 is 10.8. The third-order valence-corrected chi connectivity index (χ3v) is 3.30. The van der Waals surface area contributed by atoms with Gasteiger partial charge in [0.25, 0.3) is 5.91 Å². The zero-order valence-electron chi connectivity index (χ0n) is 11.9. The fraction of sp³-hybridized carbons (Fsp3) is 0.467. The Morgan fingerprint density at radius 3 is 2.81 bits per heavy atom. The van der Waals surface area contributed by atoms with Crippen LogP contribution >= 0.6 is 0 Å². The van der Waals surface area contributed by atoms with Gasteiger partial charge in [0.15, 0.2) is 6.10 Å². The van der Waals surface area contributed by atoms with Gasteiger partial charge in [-0.2, -0.15) is 0 Å². The molecule has 2 unspecified atom stereocenters. The summed E-state index contributed by atoms with van der Waals surface area (Å²) in [7, 11) is 0. The number of rotatable bonds is 6. The van der Waals surface area contributed by atoms with Gasteiger partial charge < -0.3 is 19.9 Å². The standard InChI is InChI=1S/C15H19NO5/c1-2-20-12-6-4-3-5-11(12)14(17)16-9-10-7-8-13(21-10)15(18)19/h3-6,10,13H,2,7-9H2,1H3,(H,16,17)(H,18,19). The summed E-state index contributed by atoms with van der Waals surface area (Å²) in [6, 6.07) is 7.00. The molecule has 6 heteroatoms. The van der Waals surface area contributed by atoms with Crippen molar-refractivity contribution in [2.75, 3.05) is 13.2 Å². The molecule has 1 heterocycles. The number of nitrogens with one attached hydrogen (secondary N) is 1. The van der Waals surface area contributed by atoms with E-state index >= 15 is 0 Å². The SMILES string of the molecule is CCOc1ccccc1C(=O)NCC1CCC(C(=O)O)O1. The van der Waals surface area contributed by atoms with Crippen LogP contribution in [0.1, 0.15) is 30.1 Å². The summed E-state index contributed by atoms with van der Waals surface area (Å²) in [5.74, 6) is -0.666. The molecular weight excluding hydrogens is 274 g/mol. The molecular formula is C15H19NO5. The van der Waals surface area contributed by atoms with Gasteiger partial charge >= 0.3 is 5.97 Å². The van der Waals surface area contributed by atoms with Crippen molar-refractivity contribution in [2.24, 2.45) is 0 Å². The molecule has 1 amide bonds. The maximum atomic E-state index is 12.1. The maximum Gasteiger partial charge on any atom is 0.332 e. The van der Waals surface area contributed by atoms with E-state index in [9.17, 15) is 9.59 Å². The van der Waals surface area contributed by atoms with E-state index < -0.39 is 12.1 Å². The molecule has 0 aliphatic carbocycles. The van der Waals surface area contributed by atoms with E-state index in [1.165, 1.54) is 0 Å². The number of ether oxygens (including phenoxy) is 2. The van der Waals surface area contributed by atoms with Crippen molar-refractivity contribution < 1.29 is 24.2 Å². The van der Waals surface area contributed by atoms with Crippen molar-refractivity contribution >= 4 is 11.9 Å². The van der Waals surface area contributed by atoms with E-state index in [4.69, 9.17) is 14.6 Å². The number of benzene rings is 1. The third-order valence-electron chi connectivity index (χ3n) is 3.30. The molecule has 6 nitrogen and oxygen atoms in total. The molecule has 1 aliphatic rings. The highest BCUT2D eigenvalue weighted by atomic mass is 16.5. The summed E-state index contributed by atoms with van der Waals surface area (Å²) in [6.45, 7) is 2.63. The minimum Gasteiger partial charge on any atom is -0.493 e. The lowest BCUT2D eigenvalue weighted by atomic mass is 10.1. The number of aliphatic carboxylic acids is 1. The first-order valence-corrected chi connectivity index (χ1v) is 7.00. The highest BCUT2D eigenvalue weighted by molar-refractivity contribution is 5.96. The van der Waals surface area contributed by atoms with Gasteiger partial charge in [-0.1, -0.05) is 12.1 Å². The molecule has 1 aromatic rings. The van der Waals surface area contributed by atoms with Crippen molar-refractivity contribution in [3.05, 3.63) is 29.8 Å². The van der Waals surface area contributed by atoms with Crippen LogP contribution in [0, 0.1) is 0 Å².